The number of carbonyl (C=O) groups is 1. The lowest BCUT2D eigenvalue weighted by Gasteiger charge is -2.27. The number of aromatic nitrogens is 2. The summed E-state index contributed by atoms with van der Waals surface area (Å²) in [5, 5.41) is 18.8. The predicted octanol–water partition coefficient (Wildman–Crippen LogP) is 7.37. The molecule has 1 aromatic heterocycles. The number of rotatable bonds is 9. The van der Waals surface area contributed by atoms with E-state index in [0.717, 1.165) is 52.8 Å². The van der Waals surface area contributed by atoms with Gasteiger partial charge in [0.1, 0.15) is 22.9 Å². The van der Waals surface area contributed by atoms with E-state index >= 15 is 0 Å². The highest BCUT2D eigenvalue weighted by molar-refractivity contribution is 6.31. The molecule has 0 saturated heterocycles. The molecule has 6 nitrogen and oxygen atoms in total. The molecule has 3 aromatic carbocycles. The molecule has 1 amide bonds. The highest BCUT2D eigenvalue weighted by atomic mass is 35.5. The molecule has 2 heterocycles. The zero-order chi connectivity index (χ0) is 26.8. The maximum atomic E-state index is 13.7. The van der Waals surface area contributed by atoms with E-state index in [4.69, 9.17) is 16.3 Å². The number of H-pyrrole nitrogens is 1. The summed E-state index contributed by atoms with van der Waals surface area (Å²) in [6.45, 7) is 7.16. The van der Waals surface area contributed by atoms with Crippen molar-refractivity contribution >= 4 is 17.5 Å². The smallest absolute Gasteiger partial charge is 0.273 e. The molecule has 7 heteroatoms. The van der Waals surface area contributed by atoms with Crippen LogP contribution in [0.25, 0.3) is 11.3 Å². The molecule has 1 aliphatic rings. The second-order valence-electron chi connectivity index (χ2n) is 9.93. The van der Waals surface area contributed by atoms with Crippen LogP contribution < -0.4 is 4.74 Å². The van der Waals surface area contributed by atoms with Crippen LogP contribution in [0.1, 0.15) is 70.5 Å². The number of aryl methyl sites for hydroxylation is 2. The summed E-state index contributed by atoms with van der Waals surface area (Å²) in [4.78, 5) is 15.6. The van der Waals surface area contributed by atoms with Crippen LogP contribution in [-0.4, -0.2) is 32.7 Å². The standard InChI is InChI=1S/C31H32ClN3O3/c1-4-5-6-15-38-23-13-11-22(12-14-23)30-27-28(24-17-25(32)20(3)16-26(24)36)33-34-29(27)31(37)35(30)18-21-9-7-19(2)8-10-21/h7-14,16-17,30,36H,4-6,15,18H2,1-3H3,(H,33,34). The van der Waals surface area contributed by atoms with Gasteiger partial charge in [-0.15, -0.1) is 0 Å². The molecule has 1 atom stereocenters. The first kappa shape index (κ1) is 25.9. The second-order valence-corrected chi connectivity index (χ2v) is 10.3. The third kappa shape index (κ3) is 5.01. The topological polar surface area (TPSA) is 78.5 Å². The van der Waals surface area contributed by atoms with Crippen molar-refractivity contribution in [2.45, 2.75) is 52.6 Å². The summed E-state index contributed by atoms with van der Waals surface area (Å²) in [5.74, 6) is 0.733. The van der Waals surface area contributed by atoms with Crippen LogP contribution in [0.4, 0.5) is 0 Å². The summed E-state index contributed by atoms with van der Waals surface area (Å²) in [7, 11) is 0. The number of ether oxygens (including phenoxy) is 1. The van der Waals surface area contributed by atoms with Crippen molar-refractivity contribution in [2.75, 3.05) is 6.61 Å². The molecule has 1 aliphatic heterocycles. The van der Waals surface area contributed by atoms with Gasteiger partial charge in [-0.2, -0.15) is 5.10 Å². The molecule has 0 bridgehead atoms. The van der Waals surface area contributed by atoms with E-state index < -0.39 is 6.04 Å². The van der Waals surface area contributed by atoms with Gasteiger partial charge in [0.2, 0.25) is 0 Å². The number of phenolic OH excluding ortho intramolecular Hbond substituents is 1. The van der Waals surface area contributed by atoms with Gasteiger partial charge >= 0.3 is 0 Å². The van der Waals surface area contributed by atoms with Crippen molar-refractivity contribution in [3.8, 4) is 22.8 Å². The molecule has 0 saturated carbocycles. The summed E-state index contributed by atoms with van der Waals surface area (Å²) in [6, 6.07) is 19.0. The Morgan fingerprint density at radius 2 is 1.79 bits per heavy atom. The Morgan fingerprint density at radius 3 is 2.50 bits per heavy atom. The van der Waals surface area contributed by atoms with Crippen molar-refractivity contribution in [1.29, 1.82) is 0 Å². The lowest BCUT2D eigenvalue weighted by molar-refractivity contribution is 0.0730. The molecule has 1 unspecified atom stereocenters. The number of carbonyl (C=O) groups excluding carboxylic acids is 1. The van der Waals surface area contributed by atoms with Crippen LogP contribution in [-0.2, 0) is 6.54 Å². The van der Waals surface area contributed by atoms with E-state index in [1.807, 2.05) is 67.3 Å². The fraction of sp³-hybridized carbons (Fsp3) is 0.290. The number of hydrogen-bond acceptors (Lipinski definition) is 4. The fourth-order valence-electron chi connectivity index (χ4n) is 4.95. The van der Waals surface area contributed by atoms with Crippen LogP contribution in [0.2, 0.25) is 5.02 Å². The Kier molecular flexibility index (Phi) is 7.43. The molecule has 38 heavy (non-hydrogen) atoms. The average molecular weight is 530 g/mol. The monoisotopic (exact) mass is 529 g/mol. The van der Waals surface area contributed by atoms with Crippen LogP contribution in [0.5, 0.6) is 11.5 Å². The Labute approximate surface area is 228 Å². The van der Waals surface area contributed by atoms with Crippen molar-refractivity contribution in [1.82, 2.24) is 15.1 Å². The van der Waals surface area contributed by atoms with Gasteiger partial charge in [0.15, 0.2) is 0 Å². The van der Waals surface area contributed by atoms with Gasteiger partial charge in [-0.3, -0.25) is 9.89 Å². The summed E-state index contributed by atoms with van der Waals surface area (Å²) >= 11 is 6.42. The maximum absolute atomic E-state index is 13.7. The van der Waals surface area contributed by atoms with E-state index in [-0.39, 0.29) is 11.7 Å². The van der Waals surface area contributed by atoms with E-state index in [2.05, 4.69) is 17.1 Å². The van der Waals surface area contributed by atoms with Gasteiger partial charge < -0.3 is 14.7 Å². The number of aromatic hydroxyl groups is 1. The highest BCUT2D eigenvalue weighted by Gasteiger charge is 2.42. The molecule has 0 aliphatic carbocycles. The molecule has 0 radical (unpaired) electrons. The van der Waals surface area contributed by atoms with Crippen molar-refractivity contribution < 1.29 is 14.6 Å². The number of phenols is 1. The lowest BCUT2D eigenvalue weighted by atomic mass is 9.95. The first-order valence-corrected chi connectivity index (χ1v) is 13.4. The number of fused-ring (bicyclic) bond motifs is 1. The summed E-state index contributed by atoms with van der Waals surface area (Å²) < 4.78 is 5.92. The van der Waals surface area contributed by atoms with Gasteiger partial charge in [0, 0.05) is 22.7 Å². The normalized spacial score (nSPS) is 14.7. The molecule has 4 aromatic rings. The second kappa shape index (κ2) is 10.9. The Hall–Kier alpha value is -3.77. The maximum Gasteiger partial charge on any atom is 0.273 e. The van der Waals surface area contributed by atoms with Gasteiger partial charge in [-0.1, -0.05) is 73.3 Å². The minimum atomic E-state index is -0.402. The third-order valence-corrected chi connectivity index (χ3v) is 7.49. The third-order valence-electron chi connectivity index (χ3n) is 7.08. The molecule has 0 fully saturated rings. The van der Waals surface area contributed by atoms with E-state index in [1.165, 1.54) is 0 Å². The van der Waals surface area contributed by atoms with E-state index in [1.54, 1.807) is 12.1 Å². The number of nitrogens with one attached hydrogen (secondary N) is 1. The van der Waals surface area contributed by atoms with E-state index in [0.29, 0.717) is 35.1 Å². The molecular weight excluding hydrogens is 498 g/mol. The van der Waals surface area contributed by atoms with Crippen molar-refractivity contribution in [2.24, 2.45) is 0 Å². The quantitative estimate of drug-likeness (QED) is 0.222. The van der Waals surface area contributed by atoms with Crippen LogP contribution >= 0.6 is 11.6 Å². The fourth-order valence-corrected chi connectivity index (χ4v) is 5.11. The summed E-state index contributed by atoms with van der Waals surface area (Å²) in [5.41, 5.74) is 6.06. The largest absolute Gasteiger partial charge is 0.507 e. The number of halogens is 1. The number of amides is 1. The van der Waals surface area contributed by atoms with Gasteiger partial charge in [-0.25, -0.2) is 0 Å². The number of aromatic amines is 1. The highest BCUT2D eigenvalue weighted by Crippen LogP contribution is 2.46. The van der Waals surface area contributed by atoms with Gasteiger partial charge in [-0.05, 0) is 61.2 Å². The number of nitrogens with zero attached hydrogens (tertiary/aromatic N) is 2. The lowest BCUT2D eigenvalue weighted by Crippen LogP contribution is -2.29. The zero-order valence-corrected chi connectivity index (χ0v) is 22.7. The van der Waals surface area contributed by atoms with Crippen molar-refractivity contribution in [3.05, 3.63) is 99.2 Å². The average Bonchev–Trinajstić information content (AvgIpc) is 3.45. The molecule has 5 rings (SSSR count). The van der Waals surface area contributed by atoms with Crippen LogP contribution in [0, 0.1) is 13.8 Å². The Balaban J connectivity index is 1.55. The number of hydrogen-bond donors (Lipinski definition) is 2. The Morgan fingerprint density at radius 1 is 1.05 bits per heavy atom. The van der Waals surface area contributed by atoms with Gasteiger partial charge in [0.05, 0.1) is 12.6 Å². The SMILES string of the molecule is CCCCCOc1ccc(C2c3c(-c4cc(Cl)c(C)cc4O)n[nH]c3C(=O)N2Cc2ccc(C)cc2)cc1. The molecule has 196 valence electrons. The van der Waals surface area contributed by atoms with E-state index in [9.17, 15) is 9.90 Å². The first-order valence-electron chi connectivity index (χ1n) is 13.0. The number of benzene rings is 3. The minimum Gasteiger partial charge on any atom is -0.507 e. The zero-order valence-electron chi connectivity index (χ0n) is 21.9. The van der Waals surface area contributed by atoms with Crippen LogP contribution in [0.15, 0.2) is 60.7 Å². The van der Waals surface area contributed by atoms with Crippen molar-refractivity contribution in [3.63, 3.8) is 0 Å². The Bertz CT molecular complexity index is 1440. The van der Waals surface area contributed by atoms with Gasteiger partial charge in [0.25, 0.3) is 5.91 Å². The minimum absolute atomic E-state index is 0.0696. The first-order chi connectivity index (χ1) is 18.4. The number of unbranched alkanes of at least 4 members (excludes halogenated alkanes) is 2. The molecule has 0 spiro atoms. The predicted molar refractivity (Wildman–Crippen MR) is 150 cm³/mol. The van der Waals surface area contributed by atoms with Crippen LogP contribution in [0.3, 0.4) is 0 Å². The summed E-state index contributed by atoms with van der Waals surface area (Å²) in [6.07, 6.45) is 3.30. The molecule has 2 N–H and O–H groups in total. The molecular formula is C31H32ClN3O3.